The molecule has 0 bridgehead atoms. The molecule has 1 atom stereocenters. The van der Waals surface area contributed by atoms with E-state index in [2.05, 4.69) is 11.8 Å². The third-order valence-electron chi connectivity index (χ3n) is 2.35. The minimum atomic E-state index is -0.265. The Morgan fingerprint density at radius 2 is 2.00 bits per heavy atom. The molecule has 0 aromatic heterocycles. The van der Waals surface area contributed by atoms with E-state index in [1.165, 1.54) is 19.3 Å². The van der Waals surface area contributed by atoms with E-state index in [1.54, 1.807) is 0 Å². The minimum Gasteiger partial charge on any atom is -0.373 e. The van der Waals surface area contributed by atoms with Crippen LogP contribution in [0, 0.1) is 5.92 Å². The second kappa shape index (κ2) is 8.05. The van der Waals surface area contributed by atoms with Gasteiger partial charge in [-0.15, -0.1) is 0 Å². The Kier molecular flexibility index (Phi) is 7.69. The van der Waals surface area contributed by atoms with Crippen LogP contribution < -0.4 is 5.90 Å². The molecule has 0 aliphatic carbocycles. The maximum Gasteiger partial charge on any atom is 0.327 e. The molecule has 13 heavy (non-hydrogen) atoms. The van der Waals surface area contributed by atoms with Crippen LogP contribution in [-0.2, 0) is 9.63 Å². The second-order valence-electron chi connectivity index (χ2n) is 3.39. The van der Waals surface area contributed by atoms with E-state index >= 15 is 0 Å². The SMILES string of the molecule is CCCCCCC(CC)C(=O)ON. The van der Waals surface area contributed by atoms with Gasteiger partial charge >= 0.3 is 5.97 Å². The molecule has 0 aliphatic heterocycles. The molecule has 0 saturated carbocycles. The van der Waals surface area contributed by atoms with Gasteiger partial charge in [0, 0.05) is 0 Å². The molecule has 0 aromatic carbocycles. The third-order valence-corrected chi connectivity index (χ3v) is 2.35. The molecule has 0 spiro atoms. The quantitative estimate of drug-likeness (QED) is 0.492. The maximum absolute atomic E-state index is 11.1. The van der Waals surface area contributed by atoms with Crippen molar-refractivity contribution in [1.82, 2.24) is 0 Å². The van der Waals surface area contributed by atoms with Crippen molar-refractivity contribution in [3.8, 4) is 0 Å². The van der Waals surface area contributed by atoms with Crippen LogP contribution in [0.25, 0.3) is 0 Å². The van der Waals surface area contributed by atoms with Crippen LogP contribution in [0.15, 0.2) is 0 Å². The molecule has 0 rings (SSSR count). The molecule has 2 N–H and O–H groups in total. The Morgan fingerprint density at radius 3 is 2.46 bits per heavy atom. The van der Waals surface area contributed by atoms with Gasteiger partial charge in [0.15, 0.2) is 0 Å². The highest BCUT2D eigenvalue weighted by atomic mass is 16.7. The molecule has 0 radical (unpaired) electrons. The molecule has 0 amide bonds. The van der Waals surface area contributed by atoms with E-state index in [-0.39, 0.29) is 11.9 Å². The molecule has 3 heteroatoms. The number of hydrogen-bond acceptors (Lipinski definition) is 3. The number of nitrogens with two attached hydrogens (primary N) is 1. The van der Waals surface area contributed by atoms with Crippen LogP contribution in [0.5, 0.6) is 0 Å². The average Bonchev–Trinajstić information content (AvgIpc) is 2.17. The zero-order chi connectivity index (χ0) is 10.1. The summed E-state index contributed by atoms with van der Waals surface area (Å²) in [7, 11) is 0. The van der Waals surface area contributed by atoms with Gasteiger partial charge in [-0.25, -0.2) is 0 Å². The molecular weight excluding hydrogens is 166 g/mol. The summed E-state index contributed by atoms with van der Waals surface area (Å²) >= 11 is 0. The topological polar surface area (TPSA) is 52.3 Å². The third kappa shape index (κ3) is 5.64. The summed E-state index contributed by atoms with van der Waals surface area (Å²) in [6.07, 6.45) is 6.49. The normalized spacial score (nSPS) is 12.5. The van der Waals surface area contributed by atoms with Crippen molar-refractivity contribution in [2.24, 2.45) is 11.8 Å². The molecule has 3 nitrogen and oxygen atoms in total. The Labute approximate surface area is 80.6 Å². The van der Waals surface area contributed by atoms with Gasteiger partial charge in [0.1, 0.15) is 0 Å². The smallest absolute Gasteiger partial charge is 0.327 e. The first kappa shape index (κ1) is 12.4. The minimum absolute atomic E-state index is 0.00172. The monoisotopic (exact) mass is 187 g/mol. The lowest BCUT2D eigenvalue weighted by Gasteiger charge is -2.10. The summed E-state index contributed by atoms with van der Waals surface area (Å²) in [6, 6.07) is 0. The highest BCUT2D eigenvalue weighted by Gasteiger charge is 2.16. The van der Waals surface area contributed by atoms with E-state index in [0.29, 0.717) is 0 Å². The van der Waals surface area contributed by atoms with Crippen LogP contribution in [0.1, 0.15) is 52.4 Å². The van der Waals surface area contributed by atoms with E-state index in [4.69, 9.17) is 5.90 Å². The molecule has 0 aromatic rings. The fraction of sp³-hybridized carbons (Fsp3) is 0.900. The highest BCUT2D eigenvalue weighted by Crippen LogP contribution is 2.14. The summed E-state index contributed by atoms with van der Waals surface area (Å²) in [5, 5.41) is 0. The highest BCUT2D eigenvalue weighted by molar-refractivity contribution is 5.71. The zero-order valence-electron chi connectivity index (χ0n) is 8.71. The first-order valence-electron chi connectivity index (χ1n) is 5.16. The van der Waals surface area contributed by atoms with Gasteiger partial charge in [-0.05, 0) is 12.8 Å². The summed E-state index contributed by atoms with van der Waals surface area (Å²) in [6.45, 7) is 4.16. The molecule has 0 heterocycles. The van der Waals surface area contributed by atoms with Crippen LogP contribution in [0.4, 0.5) is 0 Å². The average molecular weight is 187 g/mol. The van der Waals surface area contributed by atoms with Gasteiger partial charge in [0.2, 0.25) is 0 Å². The lowest BCUT2D eigenvalue weighted by Crippen LogP contribution is -2.20. The summed E-state index contributed by atoms with van der Waals surface area (Å²) in [5.74, 6) is 4.57. The largest absolute Gasteiger partial charge is 0.373 e. The lowest BCUT2D eigenvalue weighted by atomic mass is 9.98. The van der Waals surface area contributed by atoms with Crippen molar-refractivity contribution in [2.45, 2.75) is 52.4 Å². The Balaban J connectivity index is 3.53. The zero-order valence-corrected chi connectivity index (χ0v) is 8.71. The summed E-state index contributed by atoms with van der Waals surface area (Å²) in [5.41, 5.74) is 0. The Morgan fingerprint density at radius 1 is 1.31 bits per heavy atom. The summed E-state index contributed by atoms with van der Waals surface area (Å²) < 4.78 is 0. The van der Waals surface area contributed by atoms with Gasteiger partial charge in [-0.2, -0.15) is 5.90 Å². The Bertz CT molecular complexity index is 137. The molecule has 1 unspecified atom stereocenters. The number of hydrogen-bond donors (Lipinski definition) is 1. The fourth-order valence-electron chi connectivity index (χ4n) is 1.40. The second-order valence-corrected chi connectivity index (χ2v) is 3.39. The number of carbonyl (C=O) groups excluding carboxylic acids is 1. The van der Waals surface area contributed by atoms with Crippen LogP contribution in [0.3, 0.4) is 0 Å². The predicted octanol–water partition coefficient (Wildman–Crippen LogP) is 2.40. The Hall–Kier alpha value is -0.570. The van der Waals surface area contributed by atoms with Gasteiger partial charge in [-0.1, -0.05) is 39.5 Å². The van der Waals surface area contributed by atoms with Crippen LogP contribution >= 0.6 is 0 Å². The first-order chi connectivity index (χ1) is 6.26. The van der Waals surface area contributed by atoms with Gasteiger partial charge in [-0.3, -0.25) is 4.79 Å². The van der Waals surface area contributed by atoms with E-state index in [9.17, 15) is 4.79 Å². The molecule has 0 fully saturated rings. The maximum atomic E-state index is 11.1. The van der Waals surface area contributed by atoms with Crippen molar-refractivity contribution >= 4 is 5.97 Å². The van der Waals surface area contributed by atoms with Crippen molar-refractivity contribution < 1.29 is 9.63 Å². The molecular formula is C10H21NO2. The van der Waals surface area contributed by atoms with Crippen molar-refractivity contribution in [3.63, 3.8) is 0 Å². The van der Waals surface area contributed by atoms with E-state index in [1.807, 2.05) is 6.92 Å². The van der Waals surface area contributed by atoms with Gasteiger partial charge in [0.05, 0.1) is 5.92 Å². The summed E-state index contributed by atoms with van der Waals surface area (Å²) in [4.78, 5) is 15.3. The molecule has 0 saturated heterocycles. The first-order valence-corrected chi connectivity index (χ1v) is 5.16. The fourth-order valence-corrected chi connectivity index (χ4v) is 1.40. The van der Waals surface area contributed by atoms with Crippen molar-refractivity contribution in [1.29, 1.82) is 0 Å². The van der Waals surface area contributed by atoms with E-state index < -0.39 is 0 Å². The van der Waals surface area contributed by atoms with Crippen molar-refractivity contribution in [3.05, 3.63) is 0 Å². The standard InChI is InChI=1S/C10H21NO2/c1-3-5-6-7-8-9(4-2)10(12)13-11/h9H,3-8,11H2,1-2H3. The molecule has 78 valence electrons. The van der Waals surface area contributed by atoms with Crippen LogP contribution in [0.2, 0.25) is 0 Å². The van der Waals surface area contributed by atoms with Gasteiger partial charge in [0.25, 0.3) is 0 Å². The number of carbonyl (C=O) groups is 1. The predicted molar refractivity (Wildman–Crippen MR) is 52.8 cm³/mol. The van der Waals surface area contributed by atoms with Gasteiger partial charge < -0.3 is 4.84 Å². The van der Waals surface area contributed by atoms with Crippen molar-refractivity contribution in [2.75, 3.05) is 0 Å². The number of unbranched alkanes of at least 4 members (excludes halogenated alkanes) is 3. The lowest BCUT2D eigenvalue weighted by molar-refractivity contribution is -0.149. The van der Waals surface area contributed by atoms with Crippen LogP contribution in [-0.4, -0.2) is 5.97 Å². The molecule has 0 aliphatic rings. The van der Waals surface area contributed by atoms with E-state index in [0.717, 1.165) is 19.3 Å². The number of rotatable bonds is 7.